The Morgan fingerprint density at radius 1 is 0.356 bits per heavy atom. The van der Waals surface area contributed by atoms with Gasteiger partial charge in [-0.1, -0.05) is 246 Å². The monoisotopic (exact) mass is 1000 g/mol. The van der Waals surface area contributed by atoms with Crippen LogP contribution in [0.4, 0.5) is 11.4 Å². The minimum absolute atomic E-state index is 0.749. The number of hydrogen-bond donors (Lipinski definition) is 0. The first-order chi connectivity index (χ1) is 26.0. The Labute approximate surface area is 384 Å². The fourth-order valence-electron chi connectivity index (χ4n) is 15.6. The zero-order valence-corrected chi connectivity index (χ0v) is 56.7. The normalized spacial score (nSPS) is 15.5. The summed E-state index contributed by atoms with van der Waals surface area (Å²) in [6.07, 6.45) is 0. The standard InChI is InChI=1S/C46H100NSi12/c1-39(2)58(43(50(5,6)7)51(8,9)10,44(52(11,12)13)53(14,15)16)48-49(47(41-35-31-29-32-36-41)42-37-33-30-34-38-42)59(40(3)4,45(54(17,18)19)55(20,21)22)46(56(23,24)25)57(26,27)28/h29-40,43-46H,1-28H3. The summed E-state index contributed by atoms with van der Waals surface area (Å²) in [5.41, 5.74) is 4.58. The third kappa shape index (κ3) is 12.4. The van der Waals surface area contributed by atoms with E-state index in [1.807, 2.05) is 0 Å². The van der Waals surface area contributed by atoms with E-state index >= 15 is 0 Å². The van der Waals surface area contributed by atoms with Crippen LogP contribution in [0.3, 0.4) is 0 Å². The maximum Gasteiger partial charge on any atom is 0.0911 e. The second kappa shape index (κ2) is 19.0. The molecule has 0 bridgehead atoms. The predicted octanol–water partition coefficient (Wildman–Crippen LogP) is 16.8. The van der Waals surface area contributed by atoms with Gasteiger partial charge in [0, 0.05) is 84.1 Å². The van der Waals surface area contributed by atoms with Crippen LogP contribution < -0.4 is 4.57 Å². The summed E-state index contributed by atoms with van der Waals surface area (Å²) in [5, 5.41) is 0. The molecule has 0 spiro atoms. The van der Waals surface area contributed by atoms with Crippen LogP contribution in [0.15, 0.2) is 60.7 Å². The lowest BCUT2D eigenvalue weighted by atomic mass is 10.3. The Morgan fingerprint density at radius 3 is 0.780 bits per heavy atom. The SMILES string of the molecule is CC(C)[Si]([Si]=[Si](N(c1ccccc1)c1ccccc1)[Si](C(C)C)(C([Si](C)(C)C)[Si](C)(C)C)C([Si](C)(C)C)[Si](C)(C)C)(C([Si](C)(C)C)[Si](C)(C)C)C([Si](C)(C)C)[Si](C)(C)C. The van der Waals surface area contributed by atoms with Crippen molar-refractivity contribution in [2.75, 3.05) is 4.57 Å². The second-order valence-electron chi connectivity index (χ2n) is 28.3. The Morgan fingerprint density at radius 2 is 0.593 bits per heavy atom. The predicted molar refractivity (Wildman–Crippen MR) is 310 cm³/mol. The van der Waals surface area contributed by atoms with Crippen molar-refractivity contribution in [2.24, 2.45) is 0 Å². The average Bonchev–Trinajstić information content (AvgIpc) is 2.95. The first kappa shape index (κ1) is 56.0. The molecule has 0 aliphatic heterocycles. The van der Waals surface area contributed by atoms with E-state index in [0.717, 1.165) is 38.4 Å². The molecule has 0 saturated carbocycles. The summed E-state index contributed by atoms with van der Waals surface area (Å²) in [4.78, 5) is 3.89. The molecule has 1 nitrogen and oxygen atoms in total. The molecular formula is C46H100NSi12. The van der Waals surface area contributed by atoms with Crippen molar-refractivity contribution < 1.29 is 0 Å². The smallest absolute Gasteiger partial charge is 0.0911 e. The molecule has 0 N–H and O–H groups in total. The van der Waals surface area contributed by atoms with Crippen molar-refractivity contribution in [3.8, 4) is 0 Å². The summed E-state index contributed by atoms with van der Waals surface area (Å²) < 4.78 is 3.29. The van der Waals surface area contributed by atoms with Crippen molar-refractivity contribution in [1.82, 2.24) is 0 Å². The van der Waals surface area contributed by atoms with Crippen molar-refractivity contribution in [1.29, 1.82) is 0 Å². The summed E-state index contributed by atoms with van der Waals surface area (Å²) in [6, 6.07) is 24.4. The van der Waals surface area contributed by atoms with Crippen LogP contribution in [0.1, 0.15) is 27.7 Å². The molecule has 0 saturated heterocycles. The van der Waals surface area contributed by atoms with Gasteiger partial charge in [0.2, 0.25) is 0 Å². The molecule has 0 amide bonds. The zero-order chi connectivity index (χ0) is 46.6. The van der Waals surface area contributed by atoms with Gasteiger partial charge in [-0.25, -0.2) is 0 Å². The van der Waals surface area contributed by atoms with Gasteiger partial charge in [-0.05, 0) is 29.8 Å². The molecular weight excluding hydrogens is 904 g/mol. The highest BCUT2D eigenvalue weighted by Crippen LogP contribution is 2.60. The van der Waals surface area contributed by atoms with Crippen LogP contribution in [0, 0.1) is 0 Å². The molecule has 2 rings (SSSR count). The van der Waals surface area contributed by atoms with Gasteiger partial charge in [0.15, 0.2) is 0 Å². The Kier molecular flexibility index (Phi) is 18.0. The molecule has 0 fully saturated rings. The minimum atomic E-state index is -2.33. The average molecular weight is 1000 g/mol. The summed E-state index contributed by atoms with van der Waals surface area (Å²) in [5.74, 6) is 0. The second-order valence-corrected chi connectivity index (χ2v) is 100. The third-order valence-corrected chi connectivity index (χ3v) is 124. The van der Waals surface area contributed by atoms with Crippen LogP contribution in [-0.4, -0.2) is 95.5 Å². The number of benzene rings is 2. The zero-order valence-electron chi connectivity index (χ0n) is 44.7. The van der Waals surface area contributed by atoms with E-state index < -0.39 is 87.3 Å². The van der Waals surface area contributed by atoms with E-state index in [-0.39, 0.29) is 0 Å². The Bertz CT molecular complexity index is 1510. The van der Waals surface area contributed by atoms with Gasteiger partial charge >= 0.3 is 0 Å². The molecule has 59 heavy (non-hydrogen) atoms. The highest BCUT2D eigenvalue weighted by atomic mass is 29.6. The Hall–Kier alpha value is 0.843. The summed E-state index contributed by atoms with van der Waals surface area (Å²) in [7, 11) is -18.2. The lowest BCUT2D eigenvalue weighted by Gasteiger charge is -2.65. The first-order valence-corrected chi connectivity index (χ1v) is 62.1. The van der Waals surface area contributed by atoms with Gasteiger partial charge in [0.25, 0.3) is 0 Å². The van der Waals surface area contributed by atoms with E-state index in [4.69, 9.17) is 0 Å². The van der Waals surface area contributed by atoms with E-state index in [9.17, 15) is 0 Å². The van der Waals surface area contributed by atoms with E-state index in [1.165, 1.54) is 11.4 Å². The van der Waals surface area contributed by atoms with Crippen LogP contribution in [0.2, 0.25) is 187 Å². The first-order valence-electron chi connectivity index (χ1n) is 23.6. The quantitative estimate of drug-likeness (QED) is 0.127. The highest BCUT2D eigenvalue weighted by molar-refractivity contribution is 7.61. The molecule has 337 valence electrons. The summed E-state index contributed by atoms with van der Waals surface area (Å²) >= 11 is 0. The molecule has 2 aromatic rings. The van der Waals surface area contributed by atoms with E-state index in [1.54, 1.807) is 0 Å². The van der Waals surface area contributed by atoms with Crippen molar-refractivity contribution in [3.63, 3.8) is 0 Å². The largest absolute Gasteiger partial charge is 0.355 e. The van der Waals surface area contributed by atoms with Gasteiger partial charge in [-0.2, -0.15) is 0 Å². The summed E-state index contributed by atoms with van der Waals surface area (Å²) in [6.45, 7) is 80.6. The van der Waals surface area contributed by atoms with Crippen LogP contribution in [0.5, 0.6) is 0 Å². The third-order valence-electron chi connectivity index (χ3n) is 13.7. The molecule has 0 aliphatic rings. The van der Waals surface area contributed by atoms with Crippen LogP contribution in [-0.2, 0) is 0 Å². The van der Waals surface area contributed by atoms with Crippen molar-refractivity contribution in [3.05, 3.63) is 60.7 Å². The Balaban J connectivity index is 4.10. The number of anilines is 2. The fraction of sp³-hybridized carbons (Fsp3) is 0.739. The number of rotatable bonds is 19. The maximum atomic E-state index is 3.29. The van der Waals surface area contributed by atoms with Crippen molar-refractivity contribution in [2.45, 2.75) is 215 Å². The molecule has 2 aromatic carbocycles. The van der Waals surface area contributed by atoms with Crippen LogP contribution >= 0.6 is 0 Å². The minimum Gasteiger partial charge on any atom is -0.355 e. The van der Waals surface area contributed by atoms with Gasteiger partial charge < -0.3 is 4.57 Å². The molecule has 13 heteroatoms. The van der Waals surface area contributed by atoms with Gasteiger partial charge in [-0.15, -0.1) is 0 Å². The van der Waals surface area contributed by atoms with Crippen molar-refractivity contribution >= 4 is 107 Å². The van der Waals surface area contributed by atoms with Gasteiger partial charge in [0.1, 0.15) is 0 Å². The molecule has 0 aromatic heterocycles. The molecule has 1 radical (unpaired) electrons. The van der Waals surface area contributed by atoms with E-state index in [2.05, 4.69) is 250 Å². The van der Waals surface area contributed by atoms with Gasteiger partial charge in [0.05, 0.1) is 22.8 Å². The number of hydrogen-bond acceptors (Lipinski definition) is 1. The molecule has 0 unspecified atom stereocenters. The highest BCUT2D eigenvalue weighted by Gasteiger charge is 2.69. The van der Waals surface area contributed by atoms with Crippen LogP contribution in [0.25, 0.3) is 0 Å². The topological polar surface area (TPSA) is 3.24 Å². The maximum absolute atomic E-state index is 3.29. The van der Waals surface area contributed by atoms with Gasteiger partial charge in [-0.3, -0.25) is 0 Å². The molecule has 0 atom stereocenters. The lowest BCUT2D eigenvalue weighted by Crippen LogP contribution is -2.80. The fourth-order valence-corrected chi connectivity index (χ4v) is 214. The number of nitrogens with zero attached hydrogens (tertiary/aromatic N) is 1. The number of para-hydroxylation sites is 2. The molecule has 0 heterocycles. The molecule has 0 aliphatic carbocycles. The van der Waals surface area contributed by atoms with E-state index in [0.29, 0.717) is 0 Å². The lowest BCUT2D eigenvalue weighted by molar-refractivity contribution is 0.986.